The Labute approximate surface area is 118 Å². The van der Waals surface area contributed by atoms with Crippen LogP contribution in [0, 0.1) is 16.4 Å². The average molecular weight is 370 g/mol. The summed E-state index contributed by atoms with van der Waals surface area (Å²) in [5.74, 6) is -0.385. The monoisotopic (exact) mass is 369 g/mol. The highest BCUT2D eigenvalue weighted by molar-refractivity contribution is 14.1. The molecule has 1 N–H and O–H groups in total. The maximum absolute atomic E-state index is 11.7. The molecule has 0 saturated heterocycles. The average Bonchev–Trinajstić information content (AvgIpc) is 2.80. The Bertz CT molecular complexity index is 448. The summed E-state index contributed by atoms with van der Waals surface area (Å²) in [6, 6.07) is 5.85. The summed E-state index contributed by atoms with van der Waals surface area (Å²) in [7, 11) is 0. The summed E-state index contributed by atoms with van der Waals surface area (Å²) in [5.41, 5.74) is 1.86. The molecule has 0 heterocycles. The van der Waals surface area contributed by atoms with Crippen molar-refractivity contribution >= 4 is 57.4 Å². The molecule has 2 rings (SSSR count). The first-order valence-corrected chi connectivity index (χ1v) is 6.68. The van der Waals surface area contributed by atoms with Crippen molar-refractivity contribution in [3.63, 3.8) is 0 Å². The van der Waals surface area contributed by atoms with Crippen LogP contribution in [0.2, 0.25) is 0 Å². The van der Waals surface area contributed by atoms with E-state index in [0.717, 1.165) is 14.8 Å². The van der Waals surface area contributed by atoms with Crippen LogP contribution in [0.1, 0.15) is 12.0 Å². The highest BCUT2D eigenvalue weighted by Gasteiger charge is 2.56. The third kappa shape index (κ3) is 2.63. The Balaban J connectivity index is 2.07. The van der Waals surface area contributed by atoms with Crippen LogP contribution in [0.4, 0.5) is 5.69 Å². The van der Waals surface area contributed by atoms with Crippen molar-refractivity contribution in [2.45, 2.75) is 17.7 Å². The van der Waals surface area contributed by atoms with E-state index in [4.69, 9.17) is 23.2 Å². The smallest absolute Gasteiger partial charge is 0.230 e. The van der Waals surface area contributed by atoms with Gasteiger partial charge in [0.1, 0.15) is 4.33 Å². The van der Waals surface area contributed by atoms with E-state index in [1.165, 1.54) is 0 Å². The molecule has 1 aromatic carbocycles. The van der Waals surface area contributed by atoms with Gasteiger partial charge in [-0.1, -0.05) is 0 Å². The van der Waals surface area contributed by atoms with Crippen molar-refractivity contribution in [1.82, 2.24) is 0 Å². The van der Waals surface area contributed by atoms with E-state index in [1.54, 1.807) is 0 Å². The number of aryl methyl sites for hydroxylation is 1. The topological polar surface area (TPSA) is 29.1 Å². The van der Waals surface area contributed by atoms with Gasteiger partial charge in [0.2, 0.25) is 5.91 Å². The van der Waals surface area contributed by atoms with Gasteiger partial charge in [0.05, 0.1) is 5.92 Å². The van der Waals surface area contributed by atoms with E-state index in [0.29, 0.717) is 6.42 Å². The van der Waals surface area contributed by atoms with Crippen molar-refractivity contribution in [3.05, 3.63) is 27.3 Å². The maximum atomic E-state index is 11.7. The minimum atomic E-state index is -0.860. The maximum Gasteiger partial charge on any atom is 0.230 e. The van der Waals surface area contributed by atoms with Gasteiger partial charge in [-0.05, 0) is 59.7 Å². The fraction of sp³-hybridized carbons (Fsp3) is 0.364. The molecular formula is C11H10Cl2INO. The predicted molar refractivity (Wildman–Crippen MR) is 75.1 cm³/mol. The number of amides is 1. The second kappa shape index (κ2) is 4.35. The summed E-state index contributed by atoms with van der Waals surface area (Å²) >= 11 is 13.9. The van der Waals surface area contributed by atoms with Crippen LogP contribution in [0.15, 0.2) is 18.2 Å². The quantitative estimate of drug-likeness (QED) is 0.624. The van der Waals surface area contributed by atoms with Crippen LogP contribution in [0.25, 0.3) is 0 Å². The normalized spacial score (nSPS) is 21.6. The molecule has 1 aliphatic carbocycles. The third-order valence-electron chi connectivity index (χ3n) is 2.59. The summed E-state index contributed by atoms with van der Waals surface area (Å²) in [6.45, 7) is 1.96. The second-order valence-electron chi connectivity index (χ2n) is 3.97. The van der Waals surface area contributed by atoms with E-state index < -0.39 is 4.33 Å². The molecule has 16 heavy (non-hydrogen) atoms. The molecule has 0 spiro atoms. The summed E-state index contributed by atoms with van der Waals surface area (Å²) in [6.07, 6.45) is 0.533. The van der Waals surface area contributed by atoms with Gasteiger partial charge in [-0.3, -0.25) is 4.79 Å². The summed E-state index contributed by atoms with van der Waals surface area (Å²) < 4.78 is 0.282. The predicted octanol–water partition coefficient (Wildman–Crippen LogP) is 3.73. The van der Waals surface area contributed by atoms with Crippen LogP contribution in [-0.4, -0.2) is 10.2 Å². The number of halogens is 3. The van der Waals surface area contributed by atoms with Crippen LogP contribution in [0.5, 0.6) is 0 Å². The van der Waals surface area contributed by atoms with Crippen LogP contribution in [0.3, 0.4) is 0 Å². The Kier molecular flexibility index (Phi) is 3.39. The zero-order valence-electron chi connectivity index (χ0n) is 8.56. The van der Waals surface area contributed by atoms with Crippen molar-refractivity contribution in [2.75, 3.05) is 5.32 Å². The second-order valence-corrected chi connectivity index (χ2v) is 6.75. The van der Waals surface area contributed by atoms with Gasteiger partial charge < -0.3 is 5.32 Å². The lowest BCUT2D eigenvalue weighted by molar-refractivity contribution is -0.117. The van der Waals surface area contributed by atoms with Crippen molar-refractivity contribution in [3.8, 4) is 0 Å². The Morgan fingerprint density at radius 1 is 1.56 bits per heavy atom. The van der Waals surface area contributed by atoms with E-state index >= 15 is 0 Å². The third-order valence-corrected chi connectivity index (χ3v) is 4.10. The van der Waals surface area contributed by atoms with Crippen molar-refractivity contribution < 1.29 is 4.79 Å². The molecule has 0 aliphatic heterocycles. The lowest BCUT2D eigenvalue weighted by atomic mass is 10.2. The highest BCUT2D eigenvalue weighted by Crippen LogP contribution is 2.53. The molecule has 1 aliphatic rings. The van der Waals surface area contributed by atoms with Crippen molar-refractivity contribution in [1.29, 1.82) is 0 Å². The molecular weight excluding hydrogens is 360 g/mol. The number of hydrogen-bond acceptors (Lipinski definition) is 1. The first-order chi connectivity index (χ1) is 7.40. The van der Waals surface area contributed by atoms with E-state index in [-0.39, 0.29) is 11.8 Å². The number of anilines is 1. The zero-order chi connectivity index (χ0) is 11.9. The van der Waals surface area contributed by atoms with E-state index in [2.05, 4.69) is 27.9 Å². The van der Waals surface area contributed by atoms with E-state index in [9.17, 15) is 4.79 Å². The van der Waals surface area contributed by atoms with Gasteiger partial charge in [0, 0.05) is 9.26 Å². The number of benzene rings is 1. The molecule has 1 unspecified atom stereocenters. The fourth-order valence-electron chi connectivity index (χ4n) is 1.48. The molecule has 1 saturated carbocycles. The van der Waals surface area contributed by atoms with Gasteiger partial charge in [-0.2, -0.15) is 0 Å². The Hall–Kier alpha value is -0.000000000000000111. The van der Waals surface area contributed by atoms with Crippen LogP contribution >= 0.6 is 45.8 Å². The molecule has 5 heteroatoms. The lowest BCUT2D eigenvalue weighted by Crippen LogP contribution is -2.17. The minimum absolute atomic E-state index is 0.102. The lowest BCUT2D eigenvalue weighted by Gasteiger charge is -2.08. The van der Waals surface area contributed by atoms with Crippen LogP contribution in [-0.2, 0) is 4.79 Å². The Morgan fingerprint density at radius 2 is 2.19 bits per heavy atom. The largest absolute Gasteiger partial charge is 0.326 e. The van der Waals surface area contributed by atoms with Gasteiger partial charge in [0.15, 0.2) is 0 Å². The van der Waals surface area contributed by atoms with Crippen LogP contribution < -0.4 is 5.32 Å². The fourth-order valence-corrected chi connectivity index (χ4v) is 2.64. The SMILES string of the molecule is Cc1cc(I)ccc1NC(=O)C1CC1(Cl)Cl. The first kappa shape index (κ1) is 12.5. The minimum Gasteiger partial charge on any atom is -0.326 e. The van der Waals surface area contributed by atoms with Gasteiger partial charge >= 0.3 is 0 Å². The highest BCUT2D eigenvalue weighted by atomic mass is 127. The van der Waals surface area contributed by atoms with Gasteiger partial charge in [0.25, 0.3) is 0 Å². The molecule has 1 amide bonds. The zero-order valence-corrected chi connectivity index (χ0v) is 12.2. The number of nitrogens with one attached hydrogen (secondary N) is 1. The molecule has 0 bridgehead atoms. The molecule has 2 nitrogen and oxygen atoms in total. The first-order valence-electron chi connectivity index (χ1n) is 4.85. The molecule has 1 fully saturated rings. The molecule has 1 atom stereocenters. The van der Waals surface area contributed by atoms with Gasteiger partial charge in [-0.25, -0.2) is 0 Å². The van der Waals surface area contributed by atoms with Gasteiger partial charge in [-0.15, -0.1) is 23.2 Å². The number of rotatable bonds is 2. The standard InChI is InChI=1S/C11H10Cl2INO/c1-6-4-7(14)2-3-9(6)15-10(16)8-5-11(8,12)13/h2-4,8H,5H2,1H3,(H,15,16). The Morgan fingerprint density at radius 3 is 2.69 bits per heavy atom. The number of carbonyl (C=O) groups excluding carboxylic acids is 1. The molecule has 0 aromatic heterocycles. The molecule has 86 valence electrons. The van der Waals surface area contributed by atoms with Crippen molar-refractivity contribution in [2.24, 2.45) is 5.92 Å². The summed E-state index contributed by atoms with van der Waals surface area (Å²) in [5, 5.41) is 2.84. The van der Waals surface area contributed by atoms with E-state index in [1.807, 2.05) is 25.1 Å². The number of hydrogen-bond donors (Lipinski definition) is 1. The molecule has 0 radical (unpaired) electrons. The number of carbonyl (C=O) groups is 1. The molecule has 1 aromatic rings. The number of alkyl halides is 2. The summed E-state index contributed by atoms with van der Waals surface area (Å²) in [4.78, 5) is 11.7.